The molecule has 1 aliphatic carbocycles. The molecule has 2 heterocycles. The van der Waals surface area contributed by atoms with Crippen LogP contribution in [0.2, 0.25) is 0 Å². The van der Waals surface area contributed by atoms with E-state index >= 15 is 0 Å². The molecule has 2 fully saturated rings. The number of hydrogen-bond acceptors (Lipinski definition) is 4. The molecule has 0 unspecified atom stereocenters. The number of furan rings is 1. The summed E-state index contributed by atoms with van der Waals surface area (Å²) in [7, 11) is -3.52. The molecule has 2 aliphatic rings. The number of likely N-dealkylation sites (tertiary alicyclic amines) is 1. The lowest BCUT2D eigenvalue weighted by molar-refractivity contribution is 0.0690. The lowest BCUT2D eigenvalue weighted by Crippen LogP contribution is -2.47. The van der Waals surface area contributed by atoms with Crippen molar-refractivity contribution in [2.24, 2.45) is 5.92 Å². The summed E-state index contributed by atoms with van der Waals surface area (Å²) in [6, 6.07) is 10.0. The fourth-order valence-corrected chi connectivity index (χ4v) is 5.10. The van der Waals surface area contributed by atoms with Gasteiger partial charge < -0.3 is 9.32 Å². The van der Waals surface area contributed by atoms with Crippen molar-refractivity contribution < 1.29 is 17.6 Å². The lowest BCUT2D eigenvalue weighted by atomic mass is 10.0. The molecule has 0 radical (unpaired) electrons. The summed E-state index contributed by atoms with van der Waals surface area (Å²) in [5.41, 5.74) is 0.545. The van der Waals surface area contributed by atoms with Crippen LogP contribution in [0.1, 0.15) is 23.2 Å². The summed E-state index contributed by atoms with van der Waals surface area (Å²) in [4.78, 5) is 14.6. The lowest BCUT2D eigenvalue weighted by Gasteiger charge is -2.31. The molecule has 1 aliphatic heterocycles. The molecular weight excluding hydrogens is 328 g/mol. The molecular formula is C17H18N2O4S. The Morgan fingerprint density at radius 2 is 1.96 bits per heavy atom. The maximum atomic E-state index is 12.5. The molecule has 3 atom stereocenters. The van der Waals surface area contributed by atoms with Gasteiger partial charge in [-0.1, -0.05) is 18.2 Å². The van der Waals surface area contributed by atoms with E-state index in [4.69, 9.17) is 4.42 Å². The third-order valence-corrected chi connectivity index (χ3v) is 6.44. The third-order valence-electron chi connectivity index (χ3n) is 4.93. The van der Waals surface area contributed by atoms with Gasteiger partial charge in [-0.15, -0.1) is 0 Å². The highest BCUT2D eigenvalue weighted by atomic mass is 32.2. The van der Waals surface area contributed by atoms with Crippen molar-refractivity contribution in [2.45, 2.75) is 29.8 Å². The van der Waals surface area contributed by atoms with E-state index in [-0.39, 0.29) is 28.8 Å². The summed E-state index contributed by atoms with van der Waals surface area (Å²) in [6.45, 7) is 0.580. The van der Waals surface area contributed by atoms with Crippen molar-refractivity contribution in [1.29, 1.82) is 0 Å². The number of benzene rings is 1. The van der Waals surface area contributed by atoms with E-state index in [0.29, 0.717) is 18.5 Å². The number of rotatable bonds is 4. The van der Waals surface area contributed by atoms with E-state index in [1.165, 1.54) is 12.5 Å². The largest absolute Gasteiger partial charge is 0.472 e. The van der Waals surface area contributed by atoms with Gasteiger partial charge in [0, 0.05) is 18.6 Å². The summed E-state index contributed by atoms with van der Waals surface area (Å²) < 4.78 is 32.7. The van der Waals surface area contributed by atoms with E-state index in [9.17, 15) is 13.2 Å². The van der Waals surface area contributed by atoms with Gasteiger partial charge in [0.15, 0.2) is 0 Å². The second-order valence-electron chi connectivity index (χ2n) is 6.40. The van der Waals surface area contributed by atoms with Crippen LogP contribution in [-0.2, 0) is 10.0 Å². The number of carbonyl (C=O) groups is 1. The predicted molar refractivity (Wildman–Crippen MR) is 86.8 cm³/mol. The van der Waals surface area contributed by atoms with Gasteiger partial charge in [0.25, 0.3) is 5.91 Å². The molecule has 2 aromatic rings. The van der Waals surface area contributed by atoms with Crippen LogP contribution in [0.5, 0.6) is 0 Å². The Bertz CT molecular complexity index is 833. The van der Waals surface area contributed by atoms with E-state index in [2.05, 4.69) is 4.72 Å². The summed E-state index contributed by atoms with van der Waals surface area (Å²) in [5.74, 6) is 0.116. The first-order valence-electron chi connectivity index (χ1n) is 7.95. The Morgan fingerprint density at radius 3 is 2.58 bits per heavy atom. The van der Waals surface area contributed by atoms with E-state index < -0.39 is 10.0 Å². The van der Waals surface area contributed by atoms with Crippen molar-refractivity contribution in [3.05, 3.63) is 54.5 Å². The van der Waals surface area contributed by atoms with Crippen molar-refractivity contribution in [1.82, 2.24) is 9.62 Å². The minimum atomic E-state index is -3.52. The number of piperidine rings is 1. The van der Waals surface area contributed by atoms with Crippen molar-refractivity contribution in [3.63, 3.8) is 0 Å². The average Bonchev–Trinajstić information content (AvgIpc) is 3.31. The van der Waals surface area contributed by atoms with Gasteiger partial charge in [0.05, 0.1) is 16.7 Å². The van der Waals surface area contributed by atoms with Crippen molar-refractivity contribution in [3.8, 4) is 0 Å². The average molecular weight is 346 g/mol. The number of nitrogens with zero attached hydrogens (tertiary/aromatic N) is 1. The molecule has 7 heteroatoms. The van der Waals surface area contributed by atoms with Crippen molar-refractivity contribution in [2.75, 3.05) is 6.54 Å². The molecule has 2 bridgehead atoms. The van der Waals surface area contributed by atoms with E-state index in [0.717, 1.165) is 6.42 Å². The van der Waals surface area contributed by atoms with E-state index in [1.807, 2.05) is 4.90 Å². The Kier molecular flexibility index (Phi) is 3.69. The molecule has 24 heavy (non-hydrogen) atoms. The molecule has 1 saturated carbocycles. The smallest absolute Gasteiger partial charge is 0.257 e. The number of nitrogens with one attached hydrogen (secondary N) is 1. The molecule has 4 rings (SSSR count). The maximum absolute atomic E-state index is 12.5. The summed E-state index contributed by atoms with van der Waals surface area (Å²) in [6.07, 6.45) is 4.42. The Morgan fingerprint density at radius 1 is 1.17 bits per heavy atom. The van der Waals surface area contributed by atoms with Gasteiger partial charge in [-0.2, -0.15) is 0 Å². The number of fused-ring (bicyclic) bond motifs is 2. The van der Waals surface area contributed by atoms with Crippen LogP contribution < -0.4 is 4.72 Å². The highest BCUT2D eigenvalue weighted by molar-refractivity contribution is 7.89. The van der Waals surface area contributed by atoms with Gasteiger partial charge in [0.2, 0.25) is 10.0 Å². The molecule has 1 saturated heterocycles. The minimum absolute atomic E-state index is 0.0411. The van der Waals surface area contributed by atoms with Gasteiger partial charge >= 0.3 is 0 Å². The second kappa shape index (κ2) is 5.75. The zero-order chi connectivity index (χ0) is 16.7. The Hall–Kier alpha value is -2.12. The number of sulfonamides is 1. The zero-order valence-corrected chi connectivity index (χ0v) is 13.8. The fraction of sp³-hybridized carbons (Fsp3) is 0.353. The maximum Gasteiger partial charge on any atom is 0.257 e. The first-order chi connectivity index (χ1) is 11.5. The predicted octanol–water partition coefficient (Wildman–Crippen LogP) is 1.86. The molecule has 1 aromatic carbocycles. The van der Waals surface area contributed by atoms with E-state index in [1.54, 1.807) is 36.4 Å². The topological polar surface area (TPSA) is 79.6 Å². The van der Waals surface area contributed by atoms with Crippen LogP contribution in [0.4, 0.5) is 0 Å². The highest BCUT2D eigenvalue weighted by Gasteiger charge is 2.47. The van der Waals surface area contributed by atoms with Crippen LogP contribution in [-0.4, -0.2) is 37.9 Å². The van der Waals surface area contributed by atoms with Crippen molar-refractivity contribution >= 4 is 15.9 Å². The molecule has 6 nitrogen and oxygen atoms in total. The van der Waals surface area contributed by atoms with Crippen LogP contribution in [0.3, 0.4) is 0 Å². The summed E-state index contributed by atoms with van der Waals surface area (Å²) in [5, 5.41) is 0. The fourth-order valence-electron chi connectivity index (χ4n) is 3.77. The van der Waals surface area contributed by atoms with Gasteiger partial charge in [0.1, 0.15) is 6.26 Å². The van der Waals surface area contributed by atoms with Gasteiger partial charge in [-0.05, 0) is 37.0 Å². The molecule has 1 N–H and O–H groups in total. The number of carbonyl (C=O) groups excluding carboxylic acids is 1. The molecule has 0 spiro atoms. The van der Waals surface area contributed by atoms with Crippen LogP contribution >= 0.6 is 0 Å². The number of amides is 1. The normalized spacial score (nSPS) is 26.0. The quantitative estimate of drug-likeness (QED) is 0.916. The van der Waals surface area contributed by atoms with Gasteiger partial charge in [-0.3, -0.25) is 4.79 Å². The highest BCUT2D eigenvalue weighted by Crippen LogP contribution is 2.39. The first-order valence-corrected chi connectivity index (χ1v) is 9.43. The molecule has 1 aromatic heterocycles. The Balaban J connectivity index is 1.45. The van der Waals surface area contributed by atoms with Crippen LogP contribution in [0.25, 0.3) is 0 Å². The summed E-state index contributed by atoms with van der Waals surface area (Å²) >= 11 is 0. The van der Waals surface area contributed by atoms with Crippen LogP contribution in [0, 0.1) is 5.92 Å². The Labute approximate surface area is 140 Å². The first kappa shape index (κ1) is 15.4. The van der Waals surface area contributed by atoms with Crippen LogP contribution in [0.15, 0.2) is 58.2 Å². The molecule has 1 amide bonds. The van der Waals surface area contributed by atoms with Gasteiger partial charge in [-0.25, -0.2) is 13.1 Å². The zero-order valence-electron chi connectivity index (χ0n) is 13.0. The SMILES string of the molecule is O=C(c1ccoc1)N1C[C@@H]2C[C@H]1C[C@@H]2NS(=O)(=O)c1ccccc1. The molecule has 126 valence electrons. The second-order valence-corrected chi connectivity index (χ2v) is 8.11. The third kappa shape index (κ3) is 2.63. The monoisotopic (exact) mass is 346 g/mol. The minimum Gasteiger partial charge on any atom is -0.472 e. The standard InChI is InChI=1S/C17H18N2O4S/c20-17(12-6-7-23-11-12)19-10-13-8-14(19)9-16(13)18-24(21,22)15-4-2-1-3-5-15/h1-7,11,13-14,16,18H,8-10H2/t13-,14-,16-/m0/s1. The number of hydrogen-bond donors (Lipinski definition) is 1.